The van der Waals surface area contributed by atoms with Crippen LogP contribution < -0.4 is 15.5 Å². The van der Waals surface area contributed by atoms with Gasteiger partial charge in [0.05, 0.1) is 35.1 Å². The number of nitrogens with zero attached hydrogens (tertiary/aromatic N) is 3. The molecule has 0 aliphatic carbocycles. The van der Waals surface area contributed by atoms with E-state index < -0.39 is 27.4 Å². The molecule has 188 valence electrons. The maximum atomic E-state index is 13.2. The number of hydrogen-bond donors (Lipinski definition) is 2. The van der Waals surface area contributed by atoms with Crippen molar-refractivity contribution in [3.05, 3.63) is 73.9 Å². The Bertz CT molecular complexity index is 1680. The molecule has 1 atom stereocenters. The third kappa shape index (κ3) is 5.23. The van der Waals surface area contributed by atoms with Crippen molar-refractivity contribution in [1.29, 1.82) is 0 Å². The van der Waals surface area contributed by atoms with Gasteiger partial charge in [0.2, 0.25) is 15.5 Å². The van der Waals surface area contributed by atoms with Crippen molar-refractivity contribution in [3.63, 3.8) is 0 Å². The molecular formula is C23H21Cl2N5O5S. The molecule has 1 unspecified atom stereocenters. The topological polar surface area (TPSA) is 136 Å². The molecule has 4 aromatic rings. The number of aromatic nitrogens is 3. The molecule has 0 bridgehead atoms. The zero-order valence-corrected chi connectivity index (χ0v) is 21.9. The smallest absolute Gasteiger partial charge is 0.285 e. The summed E-state index contributed by atoms with van der Waals surface area (Å²) >= 11 is 12.3. The lowest BCUT2D eigenvalue weighted by Crippen LogP contribution is -2.31. The largest absolute Gasteiger partial charge is 0.454 e. The van der Waals surface area contributed by atoms with Crippen molar-refractivity contribution in [2.24, 2.45) is 7.05 Å². The third-order valence-electron chi connectivity index (χ3n) is 5.27. The van der Waals surface area contributed by atoms with E-state index in [0.717, 1.165) is 11.8 Å². The molecule has 1 aromatic carbocycles. The number of carbonyl (C=O) groups excluding carboxylic acids is 1. The number of sulfonamides is 1. The van der Waals surface area contributed by atoms with E-state index in [0.29, 0.717) is 22.1 Å². The summed E-state index contributed by atoms with van der Waals surface area (Å²) in [5.74, 6) is -0.762. The fourth-order valence-corrected chi connectivity index (χ4v) is 4.58. The number of aryl methyl sites for hydroxylation is 2. The molecule has 0 radical (unpaired) electrons. The molecular weight excluding hydrogens is 529 g/mol. The van der Waals surface area contributed by atoms with Gasteiger partial charge in [-0.1, -0.05) is 29.3 Å². The molecule has 0 saturated carbocycles. The first-order valence-corrected chi connectivity index (χ1v) is 13.2. The highest BCUT2D eigenvalue weighted by Gasteiger charge is 2.23. The monoisotopic (exact) mass is 549 g/mol. The summed E-state index contributed by atoms with van der Waals surface area (Å²) < 4.78 is 32.8. The maximum Gasteiger partial charge on any atom is 0.285 e. The van der Waals surface area contributed by atoms with Gasteiger partial charge in [-0.15, -0.1) is 0 Å². The quantitative estimate of drug-likeness (QED) is 0.343. The zero-order valence-electron chi connectivity index (χ0n) is 19.6. The SMILES string of the molecule is Cc1cc(C(C)Nc2ccc(Cl)nc2C(=O)NS(C)(=O)=O)c2oc(-c3cnn(C)c3)c(Cl)c(=O)c2c1. The molecule has 4 rings (SSSR count). The molecule has 0 spiro atoms. The maximum absolute atomic E-state index is 13.2. The van der Waals surface area contributed by atoms with Crippen LogP contribution in [0.2, 0.25) is 10.2 Å². The number of anilines is 1. The lowest BCUT2D eigenvalue weighted by molar-refractivity contribution is 0.0977. The number of carbonyl (C=O) groups is 1. The highest BCUT2D eigenvalue weighted by atomic mass is 35.5. The van der Waals surface area contributed by atoms with Crippen molar-refractivity contribution >= 4 is 55.8 Å². The van der Waals surface area contributed by atoms with Crippen LogP contribution >= 0.6 is 23.2 Å². The van der Waals surface area contributed by atoms with Crippen LogP contribution in [0.25, 0.3) is 22.3 Å². The van der Waals surface area contributed by atoms with Gasteiger partial charge in [0.1, 0.15) is 15.8 Å². The van der Waals surface area contributed by atoms with Crippen LogP contribution in [-0.4, -0.2) is 35.3 Å². The van der Waals surface area contributed by atoms with Gasteiger partial charge in [-0.2, -0.15) is 5.10 Å². The number of fused-ring (bicyclic) bond motifs is 1. The number of benzene rings is 1. The first-order valence-electron chi connectivity index (χ1n) is 10.5. The molecule has 13 heteroatoms. The number of nitrogens with one attached hydrogen (secondary N) is 2. The average molecular weight is 550 g/mol. The predicted molar refractivity (Wildman–Crippen MR) is 138 cm³/mol. The second-order valence-corrected chi connectivity index (χ2v) is 10.8. The minimum Gasteiger partial charge on any atom is -0.454 e. The lowest BCUT2D eigenvalue weighted by atomic mass is 10.0. The first kappa shape index (κ1) is 25.7. The van der Waals surface area contributed by atoms with Gasteiger partial charge < -0.3 is 9.73 Å². The number of amides is 1. The van der Waals surface area contributed by atoms with Crippen LogP contribution in [0.4, 0.5) is 5.69 Å². The van der Waals surface area contributed by atoms with E-state index in [2.05, 4.69) is 15.4 Å². The molecule has 0 saturated heterocycles. The summed E-state index contributed by atoms with van der Waals surface area (Å²) in [6.07, 6.45) is 4.08. The average Bonchev–Trinajstić information content (AvgIpc) is 3.22. The Kier molecular flexibility index (Phi) is 6.82. The van der Waals surface area contributed by atoms with Crippen molar-refractivity contribution in [1.82, 2.24) is 19.5 Å². The van der Waals surface area contributed by atoms with Gasteiger partial charge in [-0.05, 0) is 37.6 Å². The predicted octanol–water partition coefficient (Wildman–Crippen LogP) is 4.07. The van der Waals surface area contributed by atoms with E-state index in [9.17, 15) is 18.0 Å². The molecule has 0 fully saturated rings. The van der Waals surface area contributed by atoms with Crippen LogP contribution in [0.15, 0.2) is 45.9 Å². The molecule has 3 heterocycles. The minimum absolute atomic E-state index is 0.00890. The standard InChI is InChI=1S/C23H21Cl2N5O5S/c1-11-7-14(12(2)27-16-5-6-17(24)28-19(16)23(32)29-36(4,33)34)22-15(8-11)20(31)18(25)21(35-22)13-9-26-30(3)10-13/h5-10,12,27H,1-4H3,(H,29,32). The van der Waals surface area contributed by atoms with E-state index in [1.807, 2.05) is 17.7 Å². The molecule has 0 aliphatic heterocycles. The van der Waals surface area contributed by atoms with Gasteiger partial charge in [-0.25, -0.2) is 18.1 Å². The van der Waals surface area contributed by atoms with Gasteiger partial charge in [0, 0.05) is 18.8 Å². The second kappa shape index (κ2) is 9.57. The van der Waals surface area contributed by atoms with E-state index >= 15 is 0 Å². The number of pyridine rings is 1. The lowest BCUT2D eigenvalue weighted by Gasteiger charge is -2.20. The number of halogens is 2. The summed E-state index contributed by atoms with van der Waals surface area (Å²) in [5.41, 5.74) is 1.86. The van der Waals surface area contributed by atoms with Crippen molar-refractivity contribution in [2.45, 2.75) is 19.9 Å². The Balaban J connectivity index is 1.83. The number of hydrogen-bond acceptors (Lipinski definition) is 8. The number of rotatable bonds is 6. The molecule has 0 aliphatic rings. The van der Waals surface area contributed by atoms with Gasteiger partial charge in [0.15, 0.2) is 11.5 Å². The Morgan fingerprint density at radius 2 is 1.94 bits per heavy atom. The van der Waals surface area contributed by atoms with Crippen LogP contribution in [0.1, 0.15) is 34.6 Å². The van der Waals surface area contributed by atoms with E-state index in [1.54, 1.807) is 30.9 Å². The summed E-state index contributed by atoms with van der Waals surface area (Å²) in [6, 6.07) is 5.97. The first-order chi connectivity index (χ1) is 16.8. The Morgan fingerprint density at radius 3 is 2.58 bits per heavy atom. The normalized spacial score (nSPS) is 12.5. The van der Waals surface area contributed by atoms with Crippen molar-refractivity contribution in [2.75, 3.05) is 11.6 Å². The van der Waals surface area contributed by atoms with Crippen LogP contribution in [0.3, 0.4) is 0 Å². The Labute approximate surface area is 216 Å². The zero-order chi connectivity index (χ0) is 26.4. The molecule has 1 amide bonds. The fraction of sp³-hybridized carbons (Fsp3) is 0.217. The third-order valence-corrected chi connectivity index (χ3v) is 6.38. The second-order valence-electron chi connectivity index (χ2n) is 8.31. The molecule has 36 heavy (non-hydrogen) atoms. The summed E-state index contributed by atoms with van der Waals surface area (Å²) in [6.45, 7) is 3.62. The molecule has 10 nitrogen and oxygen atoms in total. The minimum atomic E-state index is -3.83. The Hall–Kier alpha value is -3.41. The van der Waals surface area contributed by atoms with E-state index in [4.69, 9.17) is 27.6 Å². The summed E-state index contributed by atoms with van der Waals surface area (Å²) in [4.78, 5) is 29.7. The summed E-state index contributed by atoms with van der Waals surface area (Å²) in [7, 11) is -2.10. The molecule has 2 N–H and O–H groups in total. The van der Waals surface area contributed by atoms with E-state index in [-0.39, 0.29) is 27.3 Å². The van der Waals surface area contributed by atoms with Crippen LogP contribution in [0, 0.1) is 6.92 Å². The highest BCUT2D eigenvalue weighted by Crippen LogP contribution is 2.34. The van der Waals surface area contributed by atoms with Crippen LogP contribution in [0.5, 0.6) is 0 Å². The summed E-state index contributed by atoms with van der Waals surface area (Å²) in [5, 5.41) is 7.50. The highest BCUT2D eigenvalue weighted by molar-refractivity contribution is 7.89. The van der Waals surface area contributed by atoms with Crippen molar-refractivity contribution in [3.8, 4) is 11.3 Å². The fourth-order valence-electron chi connectivity index (χ4n) is 3.75. The van der Waals surface area contributed by atoms with Crippen molar-refractivity contribution < 1.29 is 17.6 Å². The van der Waals surface area contributed by atoms with Crippen LogP contribution in [-0.2, 0) is 17.1 Å². The van der Waals surface area contributed by atoms with Gasteiger partial charge in [-0.3, -0.25) is 14.3 Å². The Morgan fingerprint density at radius 1 is 1.22 bits per heavy atom. The van der Waals surface area contributed by atoms with Gasteiger partial charge >= 0.3 is 0 Å². The van der Waals surface area contributed by atoms with E-state index in [1.165, 1.54) is 18.3 Å². The van der Waals surface area contributed by atoms with Gasteiger partial charge in [0.25, 0.3) is 5.91 Å². The molecule has 3 aromatic heterocycles.